The molecule has 0 unspecified atom stereocenters. The number of aldehydes is 1. The molecule has 0 aliphatic rings. The Labute approximate surface area is 82.2 Å². The lowest BCUT2D eigenvalue weighted by Crippen LogP contribution is -1.91. The van der Waals surface area contributed by atoms with E-state index in [9.17, 15) is 9.90 Å². The molecule has 0 spiro atoms. The van der Waals surface area contributed by atoms with Crippen LogP contribution in [0.4, 0.5) is 0 Å². The zero-order valence-electron chi connectivity index (χ0n) is 7.38. The maximum absolute atomic E-state index is 10.5. The number of carbonyl (C=O) groups excluding carboxylic acids is 1. The number of carbonyl (C=O) groups is 1. The van der Waals surface area contributed by atoms with E-state index >= 15 is 0 Å². The summed E-state index contributed by atoms with van der Waals surface area (Å²) in [7, 11) is 0. The van der Waals surface area contributed by atoms with Crippen molar-refractivity contribution in [2.75, 3.05) is 0 Å². The van der Waals surface area contributed by atoms with Gasteiger partial charge in [-0.3, -0.25) is 4.79 Å². The molecule has 1 rings (SSSR count). The fraction of sp³-hybridized carbons (Fsp3) is 0.300. The van der Waals surface area contributed by atoms with Crippen LogP contribution in [0.1, 0.15) is 29.3 Å². The summed E-state index contributed by atoms with van der Waals surface area (Å²) in [5.41, 5.74) is 1.09. The summed E-state index contributed by atoms with van der Waals surface area (Å²) in [6.45, 7) is 1.99. The van der Waals surface area contributed by atoms with Crippen molar-refractivity contribution in [2.24, 2.45) is 0 Å². The van der Waals surface area contributed by atoms with E-state index in [0.717, 1.165) is 6.42 Å². The molecule has 3 heteroatoms. The van der Waals surface area contributed by atoms with Gasteiger partial charge in [0.05, 0.1) is 5.02 Å². The lowest BCUT2D eigenvalue weighted by molar-refractivity contribution is 0.112. The minimum Gasteiger partial charge on any atom is -0.508 e. The Balaban J connectivity index is 3.21. The molecule has 1 N–H and O–H groups in total. The Hall–Kier alpha value is -1.02. The van der Waals surface area contributed by atoms with E-state index in [1.807, 2.05) is 6.92 Å². The summed E-state index contributed by atoms with van der Waals surface area (Å²) < 4.78 is 0. The van der Waals surface area contributed by atoms with Crippen LogP contribution in [0.25, 0.3) is 0 Å². The summed E-state index contributed by atoms with van der Waals surface area (Å²) in [5, 5.41) is 9.81. The van der Waals surface area contributed by atoms with E-state index in [1.165, 1.54) is 12.1 Å². The van der Waals surface area contributed by atoms with Crippen molar-refractivity contribution < 1.29 is 9.90 Å². The Morgan fingerprint density at radius 2 is 2.23 bits per heavy atom. The Morgan fingerprint density at radius 1 is 1.54 bits per heavy atom. The highest BCUT2D eigenvalue weighted by molar-refractivity contribution is 6.33. The Morgan fingerprint density at radius 3 is 2.77 bits per heavy atom. The number of rotatable bonds is 3. The quantitative estimate of drug-likeness (QED) is 0.759. The minimum atomic E-state index is 0.164. The fourth-order valence-corrected chi connectivity index (χ4v) is 1.51. The number of hydrogen-bond donors (Lipinski definition) is 1. The molecule has 0 aliphatic heterocycles. The van der Waals surface area contributed by atoms with Gasteiger partial charge in [-0.15, -0.1) is 0 Å². The van der Waals surface area contributed by atoms with E-state index in [1.54, 1.807) is 0 Å². The molecular formula is C10H11ClO2. The SMILES string of the molecule is CCCc1c(O)ccc(C=O)c1Cl. The van der Waals surface area contributed by atoms with E-state index in [4.69, 9.17) is 11.6 Å². The predicted molar refractivity (Wildman–Crippen MR) is 52.5 cm³/mol. The molecule has 0 aliphatic carbocycles. The molecule has 2 nitrogen and oxygen atoms in total. The van der Waals surface area contributed by atoms with E-state index in [2.05, 4.69) is 0 Å². The maximum Gasteiger partial charge on any atom is 0.151 e. The van der Waals surface area contributed by atoms with Crippen LogP contribution in [0.2, 0.25) is 5.02 Å². The molecule has 0 bridgehead atoms. The van der Waals surface area contributed by atoms with E-state index in [-0.39, 0.29) is 5.75 Å². The number of benzene rings is 1. The van der Waals surface area contributed by atoms with Crippen LogP contribution in [-0.2, 0) is 6.42 Å². The lowest BCUT2D eigenvalue weighted by atomic mass is 10.1. The zero-order valence-corrected chi connectivity index (χ0v) is 8.14. The molecule has 70 valence electrons. The molecule has 1 aromatic rings. The van der Waals surface area contributed by atoms with Crippen LogP contribution in [0.3, 0.4) is 0 Å². The summed E-state index contributed by atoms with van der Waals surface area (Å²) >= 11 is 5.90. The van der Waals surface area contributed by atoms with Crippen molar-refractivity contribution >= 4 is 17.9 Å². The van der Waals surface area contributed by atoms with Crippen LogP contribution in [0, 0.1) is 0 Å². The van der Waals surface area contributed by atoms with Crippen LogP contribution in [0.15, 0.2) is 12.1 Å². The number of halogens is 1. The van der Waals surface area contributed by atoms with Crippen LogP contribution in [-0.4, -0.2) is 11.4 Å². The molecular weight excluding hydrogens is 188 g/mol. The zero-order chi connectivity index (χ0) is 9.84. The molecule has 0 heterocycles. The van der Waals surface area contributed by atoms with Crippen LogP contribution < -0.4 is 0 Å². The average Bonchev–Trinajstić information content (AvgIpc) is 2.12. The molecule has 13 heavy (non-hydrogen) atoms. The second-order valence-electron chi connectivity index (χ2n) is 2.83. The van der Waals surface area contributed by atoms with Gasteiger partial charge in [-0.25, -0.2) is 0 Å². The van der Waals surface area contributed by atoms with Crippen LogP contribution in [0.5, 0.6) is 5.75 Å². The first kappa shape index (κ1) is 10.1. The monoisotopic (exact) mass is 198 g/mol. The first-order valence-corrected chi connectivity index (χ1v) is 4.54. The molecule has 0 saturated carbocycles. The van der Waals surface area contributed by atoms with Gasteiger partial charge in [0.25, 0.3) is 0 Å². The van der Waals surface area contributed by atoms with Gasteiger partial charge in [-0.1, -0.05) is 24.9 Å². The number of hydrogen-bond acceptors (Lipinski definition) is 2. The standard InChI is InChI=1S/C10H11ClO2/c1-2-3-8-9(13)5-4-7(6-12)10(8)11/h4-6,13H,2-3H2,1H3. The topological polar surface area (TPSA) is 37.3 Å². The highest BCUT2D eigenvalue weighted by Gasteiger charge is 2.09. The largest absolute Gasteiger partial charge is 0.508 e. The third-order valence-corrected chi connectivity index (χ3v) is 2.32. The number of phenolic OH excluding ortho intramolecular Hbond substituents is 1. The third-order valence-electron chi connectivity index (χ3n) is 1.88. The highest BCUT2D eigenvalue weighted by atomic mass is 35.5. The Kier molecular flexibility index (Phi) is 3.32. The molecule has 1 aromatic carbocycles. The molecule has 0 saturated heterocycles. The Bertz CT molecular complexity index is 321. The molecule has 0 aromatic heterocycles. The van der Waals surface area contributed by atoms with E-state index in [0.29, 0.717) is 28.9 Å². The van der Waals surface area contributed by atoms with Crippen molar-refractivity contribution in [3.8, 4) is 5.75 Å². The van der Waals surface area contributed by atoms with Crippen molar-refractivity contribution in [1.29, 1.82) is 0 Å². The summed E-state index contributed by atoms with van der Waals surface area (Å²) in [4.78, 5) is 10.5. The molecule has 0 radical (unpaired) electrons. The van der Waals surface area contributed by atoms with Gasteiger partial charge in [0.2, 0.25) is 0 Å². The van der Waals surface area contributed by atoms with Crippen molar-refractivity contribution in [3.05, 3.63) is 28.3 Å². The minimum absolute atomic E-state index is 0.164. The summed E-state index contributed by atoms with van der Waals surface area (Å²) in [5.74, 6) is 0.164. The normalized spacial score (nSPS) is 10.0. The fourth-order valence-electron chi connectivity index (χ4n) is 1.21. The third kappa shape index (κ3) is 2.01. The second kappa shape index (κ2) is 4.28. The molecule has 0 atom stereocenters. The summed E-state index contributed by atoms with van der Waals surface area (Å²) in [6, 6.07) is 3.02. The predicted octanol–water partition coefficient (Wildman–Crippen LogP) is 2.81. The lowest BCUT2D eigenvalue weighted by Gasteiger charge is -2.06. The smallest absolute Gasteiger partial charge is 0.151 e. The van der Waals surface area contributed by atoms with Gasteiger partial charge < -0.3 is 5.11 Å². The van der Waals surface area contributed by atoms with Gasteiger partial charge in [-0.05, 0) is 18.6 Å². The second-order valence-corrected chi connectivity index (χ2v) is 3.21. The van der Waals surface area contributed by atoms with E-state index < -0.39 is 0 Å². The van der Waals surface area contributed by atoms with Crippen molar-refractivity contribution in [1.82, 2.24) is 0 Å². The van der Waals surface area contributed by atoms with Crippen molar-refractivity contribution in [2.45, 2.75) is 19.8 Å². The summed E-state index contributed by atoms with van der Waals surface area (Å²) in [6.07, 6.45) is 2.27. The number of phenols is 1. The van der Waals surface area contributed by atoms with Gasteiger partial charge in [0.1, 0.15) is 5.75 Å². The number of aromatic hydroxyl groups is 1. The van der Waals surface area contributed by atoms with Gasteiger partial charge in [0.15, 0.2) is 6.29 Å². The van der Waals surface area contributed by atoms with Crippen LogP contribution >= 0.6 is 11.6 Å². The van der Waals surface area contributed by atoms with Crippen molar-refractivity contribution in [3.63, 3.8) is 0 Å². The first-order valence-electron chi connectivity index (χ1n) is 4.16. The maximum atomic E-state index is 10.5. The molecule has 0 amide bonds. The van der Waals surface area contributed by atoms with Gasteiger partial charge in [0, 0.05) is 11.1 Å². The first-order chi connectivity index (χ1) is 6.20. The van der Waals surface area contributed by atoms with Gasteiger partial charge in [-0.2, -0.15) is 0 Å². The average molecular weight is 199 g/mol. The molecule has 0 fully saturated rings. The highest BCUT2D eigenvalue weighted by Crippen LogP contribution is 2.29. The van der Waals surface area contributed by atoms with Gasteiger partial charge >= 0.3 is 0 Å².